The minimum absolute atomic E-state index is 0.530. The monoisotopic (exact) mass is 291 g/mol. The number of aryl methyl sites for hydroxylation is 2. The number of rotatable bonds is 4. The third-order valence-corrected chi connectivity index (χ3v) is 6.73. The van der Waals surface area contributed by atoms with Crippen LogP contribution >= 0.6 is 11.3 Å². The summed E-state index contributed by atoms with van der Waals surface area (Å²) in [5.41, 5.74) is 1.65. The van der Waals surface area contributed by atoms with E-state index in [9.17, 15) is 0 Å². The summed E-state index contributed by atoms with van der Waals surface area (Å²) in [6, 6.07) is 3.69. The lowest BCUT2D eigenvalue weighted by atomic mass is 9.84. The summed E-state index contributed by atoms with van der Waals surface area (Å²) in [5.74, 6) is 0.904. The van der Waals surface area contributed by atoms with Gasteiger partial charge in [-0.05, 0) is 69.9 Å². The van der Waals surface area contributed by atoms with Gasteiger partial charge in [-0.1, -0.05) is 19.3 Å². The summed E-state index contributed by atoms with van der Waals surface area (Å²) >= 11 is 2.07. The highest BCUT2D eigenvalue weighted by atomic mass is 32.1. The Hall–Kier alpha value is -0.340. The smallest absolute Gasteiger partial charge is 0.0388 e. The average Bonchev–Trinajstić information content (AvgIpc) is 2.92. The Bertz CT molecular complexity index is 407. The van der Waals surface area contributed by atoms with Crippen LogP contribution in [-0.4, -0.2) is 6.04 Å². The number of hydrogen-bond donors (Lipinski definition) is 1. The zero-order valence-corrected chi connectivity index (χ0v) is 13.9. The van der Waals surface area contributed by atoms with Crippen molar-refractivity contribution in [3.8, 4) is 0 Å². The van der Waals surface area contributed by atoms with Crippen molar-refractivity contribution < 1.29 is 0 Å². The Morgan fingerprint density at radius 1 is 1.05 bits per heavy atom. The van der Waals surface area contributed by atoms with Gasteiger partial charge in [0.05, 0.1) is 0 Å². The second-order valence-electron chi connectivity index (χ2n) is 6.88. The van der Waals surface area contributed by atoms with E-state index in [0.29, 0.717) is 12.1 Å². The molecule has 1 aromatic rings. The Balaban J connectivity index is 1.60. The van der Waals surface area contributed by atoms with Crippen molar-refractivity contribution >= 4 is 11.3 Å². The summed E-state index contributed by atoms with van der Waals surface area (Å²) in [4.78, 5) is 3.24. The van der Waals surface area contributed by atoms with Gasteiger partial charge in [0.25, 0.3) is 0 Å². The number of nitrogens with one attached hydrogen (secondary N) is 1. The standard InChI is InChI=1S/C18H29NS/c1-13(15-8-4-3-5-9-15)19-14(2)18-12-16-10-6-7-11-17(16)20-18/h12-15,19H,3-11H2,1-2H3. The maximum absolute atomic E-state index is 3.89. The van der Waals surface area contributed by atoms with Gasteiger partial charge in [0.1, 0.15) is 0 Å². The molecule has 2 aliphatic rings. The number of thiophene rings is 1. The molecule has 1 heterocycles. The van der Waals surface area contributed by atoms with Crippen LogP contribution in [0.2, 0.25) is 0 Å². The number of fused-ring (bicyclic) bond motifs is 1. The van der Waals surface area contributed by atoms with Crippen molar-refractivity contribution in [2.45, 2.75) is 83.7 Å². The highest BCUT2D eigenvalue weighted by molar-refractivity contribution is 7.12. The normalized spacial score (nSPS) is 23.3. The van der Waals surface area contributed by atoms with Crippen molar-refractivity contribution in [1.29, 1.82) is 0 Å². The van der Waals surface area contributed by atoms with Gasteiger partial charge in [0, 0.05) is 21.8 Å². The largest absolute Gasteiger partial charge is 0.307 e. The van der Waals surface area contributed by atoms with Crippen molar-refractivity contribution in [2.75, 3.05) is 0 Å². The Labute approximate surface area is 128 Å². The van der Waals surface area contributed by atoms with Crippen LogP contribution < -0.4 is 5.32 Å². The van der Waals surface area contributed by atoms with Crippen LogP contribution in [0.25, 0.3) is 0 Å². The highest BCUT2D eigenvalue weighted by Crippen LogP contribution is 2.34. The molecule has 1 N–H and O–H groups in total. The average molecular weight is 292 g/mol. The van der Waals surface area contributed by atoms with Crippen LogP contribution in [0.5, 0.6) is 0 Å². The molecule has 2 heteroatoms. The molecule has 2 unspecified atom stereocenters. The molecule has 0 amide bonds. The number of hydrogen-bond acceptors (Lipinski definition) is 2. The van der Waals surface area contributed by atoms with Gasteiger partial charge in [-0.15, -0.1) is 11.3 Å². The van der Waals surface area contributed by atoms with Gasteiger partial charge in [-0.2, -0.15) is 0 Å². The molecule has 0 radical (unpaired) electrons. The second-order valence-corrected chi connectivity index (χ2v) is 8.05. The zero-order valence-electron chi connectivity index (χ0n) is 13.1. The Morgan fingerprint density at radius 3 is 2.55 bits per heavy atom. The lowest BCUT2D eigenvalue weighted by Gasteiger charge is -2.30. The molecule has 1 aromatic heterocycles. The van der Waals surface area contributed by atoms with Gasteiger partial charge in [0.2, 0.25) is 0 Å². The quantitative estimate of drug-likeness (QED) is 0.799. The third kappa shape index (κ3) is 3.28. The summed E-state index contributed by atoms with van der Waals surface area (Å²) < 4.78 is 0. The molecule has 3 rings (SSSR count). The summed E-state index contributed by atoms with van der Waals surface area (Å²) in [6.45, 7) is 4.76. The molecule has 2 atom stereocenters. The predicted octanol–water partition coefficient (Wildman–Crippen LogP) is 5.25. The molecule has 1 saturated carbocycles. The predicted molar refractivity (Wildman–Crippen MR) is 88.5 cm³/mol. The van der Waals surface area contributed by atoms with Gasteiger partial charge in [0.15, 0.2) is 0 Å². The fourth-order valence-corrected chi connectivity index (χ4v) is 5.24. The maximum Gasteiger partial charge on any atom is 0.0388 e. The molecule has 0 spiro atoms. The van der Waals surface area contributed by atoms with Crippen LogP contribution in [0.15, 0.2) is 6.07 Å². The minimum atomic E-state index is 0.530. The molecule has 2 aliphatic carbocycles. The molecule has 1 nitrogen and oxygen atoms in total. The maximum atomic E-state index is 3.89. The van der Waals surface area contributed by atoms with E-state index in [1.807, 2.05) is 0 Å². The molecule has 1 fully saturated rings. The SMILES string of the molecule is CC(NC(C)C1CCCCC1)c1cc2c(s1)CCCC2. The Kier molecular flexibility index (Phi) is 4.83. The molecular formula is C18H29NS. The fourth-order valence-electron chi connectivity index (χ4n) is 3.97. The molecule has 20 heavy (non-hydrogen) atoms. The van der Waals surface area contributed by atoms with E-state index >= 15 is 0 Å². The first-order valence-corrected chi connectivity index (χ1v) is 9.43. The van der Waals surface area contributed by atoms with Gasteiger partial charge >= 0.3 is 0 Å². The highest BCUT2D eigenvalue weighted by Gasteiger charge is 2.23. The van der Waals surface area contributed by atoms with Gasteiger partial charge < -0.3 is 5.32 Å². The van der Waals surface area contributed by atoms with Crippen LogP contribution in [0, 0.1) is 5.92 Å². The minimum Gasteiger partial charge on any atom is -0.307 e. The van der Waals surface area contributed by atoms with E-state index in [1.165, 1.54) is 57.8 Å². The molecule has 0 bridgehead atoms. The lowest BCUT2D eigenvalue weighted by molar-refractivity contribution is 0.269. The van der Waals surface area contributed by atoms with Gasteiger partial charge in [-0.3, -0.25) is 0 Å². The zero-order chi connectivity index (χ0) is 13.9. The first kappa shape index (κ1) is 14.6. The van der Waals surface area contributed by atoms with Crippen molar-refractivity contribution in [3.05, 3.63) is 21.4 Å². The Morgan fingerprint density at radius 2 is 1.80 bits per heavy atom. The van der Waals surface area contributed by atoms with E-state index in [2.05, 4.69) is 36.6 Å². The first-order chi connectivity index (χ1) is 9.74. The summed E-state index contributed by atoms with van der Waals surface area (Å²) in [6.07, 6.45) is 12.6. The van der Waals surface area contributed by atoms with Crippen LogP contribution in [0.3, 0.4) is 0 Å². The fraction of sp³-hybridized carbons (Fsp3) is 0.778. The first-order valence-electron chi connectivity index (χ1n) is 8.61. The second kappa shape index (κ2) is 6.62. The van der Waals surface area contributed by atoms with Crippen LogP contribution in [0.4, 0.5) is 0 Å². The van der Waals surface area contributed by atoms with Crippen molar-refractivity contribution in [1.82, 2.24) is 5.32 Å². The van der Waals surface area contributed by atoms with Crippen molar-refractivity contribution in [3.63, 3.8) is 0 Å². The summed E-state index contributed by atoms with van der Waals surface area (Å²) in [5, 5.41) is 3.89. The molecule has 0 aliphatic heterocycles. The van der Waals surface area contributed by atoms with Crippen LogP contribution in [0.1, 0.15) is 80.2 Å². The van der Waals surface area contributed by atoms with Crippen LogP contribution in [-0.2, 0) is 12.8 Å². The van der Waals surface area contributed by atoms with Gasteiger partial charge in [-0.25, -0.2) is 0 Å². The molecule has 0 saturated heterocycles. The van der Waals surface area contributed by atoms with Crippen molar-refractivity contribution in [2.24, 2.45) is 5.92 Å². The van der Waals surface area contributed by atoms with E-state index in [-0.39, 0.29) is 0 Å². The van der Waals surface area contributed by atoms with E-state index in [1.54, 1.807) is 15.3 Å². The lowest BCUT2D eigenvalue weighted by Crippen LogP contribution is -2.36. The molecule has 0 aromatic carbocycles. The third-order valence-electron chi connectivity index (χ3n) is 5.31. The van der Waals surface area contributed by atoms with E-state index in [4.69, 9.17) is 0 Å². The molecular weight excluding hydrogens is 262 g/mol. The molecule has 112 valence electrons. The van der Waals surface area contributed by atoms with E-state index < -0.39 is 0 Å². The van der Waals surface area contributed by atoms with E-state index in [0.717, 1.165) is 5.92 Å². The topological polar surface area (TPSA) is 12.0 Å². The summed E-state index contributed by atoms with van der Waals surface area (Å²) in [7, 11) is 0.